The van der Waals surface area contributed by atoms with E-state index >= 15 is 0 Å². The predicted molar refractivity (Wildman–Crippen MR) is 122 cm³/mol. The second-order valence-corrected chi connectivity index (χ2v) is 8.51. The maximum absolute atomic E-state index is 13.2. The lowest BCUT2D eigenvalue weighted by Crippen LogP contribution is -2.48. The highest BCUT2D eigenvalue weighted by atomic mass is 35.5. The van der Waals surface area contributed by atoms with Crippen LogP contribution in [0, 0.1) is 5.82 Å². The van der Waals surface area contributed by atoms with Gasteiger partial charge in [-0.25, -0.2) is 4.39 Å². The molecule has 30 heavy (non-hydrogen) atoms. The Labute approximate surface area is 187 Å². The molecule has 4 nitrogen and oxygen atoms in total. The zero-order valence-corrected chi connectivity index (χ0v) is 18.9. The molecule has 1 unspecified atom stereocenters. The molecule has 2 rings (SSSR count). The van der Waals surface area contributed by atoms with Gasteiger partial charge in [-0.05, 0) is 48.7 Å². The lowest BCUT2D eigenvalue weighted by atomic mass is 10.1. The highest BCUT2D eigenvalue weighted by Gasteiger charge is 2.25. The third-order valence-electron chi connectivity index (χ3n) is 4.65. The van der Waals surface area contributed by atoms with E-state index < -0.39 is 6.04 Å². The minimum atomic E-state index is -0.619. The normalized spacial score (nSPS) is 11.7. The summed E-state index contributed by atoms with van der Waals surface area (Å²) in [4.78, 5) is 27.1. The molecule has 0 bridgehead atoms. The van der Waals surface area contributed by atoms with Crippen molar-refractivity contribution in [3.8, 4) is 0 Å². The number of benzene rings is 2. The van der Waals surface area contributed by atoms with Crippen LogP contribution in [-0.4, -0.2) is 35.1 Å². The number of unbranched alkanes of at least 4 members (excludes halogenated alkanes) is 1. The van der Waals surface area contributed by atoms with Crippen molar-refractivity contribution in [1.29, 1.82) is 0 Å². The van der Waals surface area contributed by atoms with Crippen LogP contribution in [0.15, 0.2) is 48.5 Å². The number of hydrogen-bond acceptors (Lipinski definition) is 3. The molecule has 0 aromatic heterocycles. The molecule has 0 aliphatic rings. The van der Waals surface area contributed by atoms with Crippen LogP contribution in [-0.2, 0) is 21.9 Å². The minimum absolute atomic E-state index is 0.135. The first-order valence-electron chi connectivity index (χ1n) is 10.0. The fourth-order valence-corrected chi connectivity index (χ4v) is 3.94. The molecule has 2 amide bonds. The first-order chi connectivity index (χ1) is 14.4. The Kier molecular flexibility index (Phi) is 10.2. The first kappa shape index (κ1) is 24.2. The van der Waals surface area contributed by atoms with Crippen molar-refractivity contribution in [1.82, 2.24) is 10.2 Å². The molecule has 0 aliphatic carbocycles. The predicted octanol–water partition coefficient (Wildman–Crippen LogP) is 5.05. The molecular formula is C23H28ClFN2O2S. The van der Waals surface area contributed by atoms with Crippen LogP contribution in [0.1, 0.15) is 37.8 Å². The summed E-state index contributed by atoms with van der Waals surface area (Å²) in [5, 5.41) is 3.55. The highest BCUT2D eigenvalue weighted by Crippen LogP contribution is 2.18. The summed E-state index contributed by atoms with van der Waals surface area (Å²) in [5.41, 5.74) is 1.81. The smallest absolute Gasteiger partial charge is 0.242 e. The van der Waals surface area contributed by atoms with E-state index in [4.69, 9.17) is 11.6 Å². The van der Waals surface area contributed by atoms with Crippen LogP contribution in [0.25, 0.3) is 0 Å². The summed E-state index contributed by atoms with van der Waals surface area (Å²) >= 11 is 7.48. The number of amides is 2. The van der Waals surface area contributed by atoms with Gasteiger partial charge in [-0.3, -0.25) is 9.59 Å². The number of hydrogen-bond donors (Lipinski definition) is 1. The first-order valence-corrected chi connectivity index (χ1v) is 11.6. The van der Waals surface area contributed by atoms with E-state index in [0.29, 0.717) is 17.3 Å². The number of carbonyl (C=O) groups excluding carboxylic acids is 2. The monoisotopic (exact) mass is 450 g/mol. The maximum atomic E-state index is 13.2. The van der Waals surface area contributed by atoms with Crippen LogP contribution in [0.5, 0.6) is 0 Å². The summed E-state index contributed by atoms with van der Waals surface area (Å²) in [6, 6.07) is 12.9. The van der Waals surface area contributed by atoms with E-state index in [-0.39, 0.29) is 29.9 Å². The summed E-state index contributed by atoms with van der Waals surface area (Å²) < 4.78 is 13.2. The van der Waals surface area contributed by atoms with Crippen molar-refractivity contribution < 1.29 is 14.0 Å². The number of halogens is 2. The molecule has 0 heterocycles. The summed E-state index contributed by atoms with van der Waals surface area (Å²) in [6.45, 7) is 4.61. The van der Waals surface area contributed by atoms with Gasteiger partial charge in [0.05, 0.1) is 5.75 Å². The maximum Gasteiger partial charge on any atom is 0.242 e. The van der Waals surface area contributed by atoms with Gasteiger partial charge in [0.2, 0.25) is 11.8 Å². The van der Waals surface area contributed by atoms with Gasteiger partial charge in [-0.2, -0.15) is 0 Å². The number of rotatable bonds is 11. The average Bonchev–Trinajstić information content (AvgIpc) is 2.73. The molecule has 1 N–H and O–H groups in total. The van der Waals surface area contributed by atoms with E-state index in [9.17, 15) is 14.0 Å². The largest absolute Gasteiger partial charge is 0.354 e. The van der Waals surface area contributed by atoms with Gasteiger partial charge in [-0.1, -0.05) is 49.2 Å². The van der Waals surface area contributed by atoms with Crippen LogP contribution < -0.4 is 5.32 Å². The number of thioether (sulfide) groups is 1. The Morgan fingerprint density at radius 3 is 2.57 bits per heavy atom. The number of nitrogens with one attached hydrogen (secondary N) is 1. The van der Waals surface area contributed by atoms with Gasteiger partial charge in [-0.15, -0.1) is 11.8 Å². The van der Waals surface area contributed by atoms with Crippen molar-refractivity contribution >= 4 is 35.2 Å². The van der Waals surface area contributed by atoms with E-state index in [1.165, 1.54) is 23.9 Å². The molecule has 0 fully saturated rings. The van der Waals surface area contributed by atoms with Crippen LogP contribution in [0.3, 0.4) is 0 Å². The zero-order valence-electron chi connectivity index (χ0n) is 17.4. The van der Waals surface area contributed by atoms with E-state index in [1.54, 1.807) is 24.0 Å². The summed E-state index contributed by atoms with van der Waals surface area (Å²) in [7, 11) is 0. The van der Waals surface area contributed by atoms with Crippen molar-refractivity contribution in [3.63, 3.8) is 0 Å². The van der Waals surface area contributed by atoms with Crippen LogP contribution in [0.4, 0.5) is 4.39 Å². The van der Waals surface area contributed by atoms with Crippen molar-refractivity contribution in [2.45, 2.75) is 45.0 Å². The highest BCUT2D eigenvalue weighted by molar-refractivity contribution is 7.99. The van der Waals surface area contributed by atoms with Gasteiger partial charge in [0.1, 0.15) is 11.9 Å². The fourth-order valence-electron chi connectivity index (χ4n) is 2.87. The number of nitrogens with zero attached hydrogens (tertiary/aromatic N) is 1. The second kappa shape index (κ2) is 12.6. The molecular weight excluding hydrogens is 423 g/mol. The topological polar surface area (TPSA) is 49.4 Å². The van der Waals surface area contributed by atoms with Crippen molar-refractivity contribution in [2.24, 2.45) is 0 Å². The van der Waals surface area contributed by atoms with Gasteiger partial charge in [0.25, 0.3) is 0 Å². The Bertz CT molecular complexity index is 832. The Hall–Kier alpha value is -2.05. The molecule has 0 aliphatic heterocycles. The molecule has 1 atom stereocenters. The molecule has 0 saturated carbocycles. The SMILES string of the molecule is CCCCNC(=O)C(C)N(Cc1ccc(F)cc1)C(=O)CSCc1cccc(Cl)c1. The summed E-state index contributed by atoms with van der Waals surface area (Å²) in [6.07, 6.45) is 1.87. The van der Waals surface area contributed by atoms with E-state index in [0.717, 1.165) is 24.0 Å². The van der Waals surface area contributed by atoms with Gasteiger partial charge in [0.15, 0.2) is 0 Å². The Morgan fingerprint density at radius 2 is 1.90 bits per heavy atom. The molecule has 7 heteroatoms. The van der Waals surface area contributed by atoms with Crippen LogP contribution in [0.2, 0.25) is 5.02 Å². The second-order valence-electron chi connectivity index (χ2n) is 7.09. The summed E-state index contributed by atoms with van der Waals surface area (Å²) in [5.74, 6) is 0.232. The molecule has 0 spiro atoms. The zero-order chi connectivity index (χ0) is 21.9. The van der Waals surface area contributed by atoms with Crippen LogP contribution >= 0.6 is 23.4 Å². The molecule has 2 aromatic rings. The van der Waals surface area contributed by atoms with Gasteiger partial charge < -0.3 is 10.2 Å². The Balaban J connectivity index is 2.03. The van der Waals surface area contributed by atoms with Crippen molar-refractivity contribution in [2.75, 3.05) is 12.3 Å². The van der Waals surface area contributed by atoms with Crippen molar-refractivity contribution in [3.05, 3.63) is 70.5 Å². The molecule has 162 valence electrons. The van der Waals surface area contributed by atoms with E-state index in [2.05, 4.69) is 12.2 Å². The molecule has 0 saturated heterocycles. The third-order valence-corrected chi connectivity index (χ3v) is 5.87. The van der Waals surface area contributed by atoms with E-state index in [1.807, 2.05) is 24.3 Å². The quantitative estimate of drug-likeness (QED) is 0.487. The lowest BCUT2D eigenvalue weighted by molar-refractivity contribution is -0.138. The molecule has 0 radical (unpaired) electrons. The standard InChI is InChI=1S/C23H28ClFN2O2S/c1-3-4-12-26-23(29)17(2)27(14-18-8-10-21(25)11-9-18)22(28)16-30-15-19-6-5-7-20(24)13-19/h5-11,13,17H,3-4,12,14-16H2,1-2H3,(H,26,29). The number of carbonyl (C=O) groups is 2. The third kappa shape index (κ3) is 8.00. The average molecular weight is 451 g/mol. The fraction of sp³-hybridized carbons (Fsp3) is 0.391. The lowest BCUT2D eigenvalue weighted by Gasteiger charge is -2.28. The van der Waals surface area contributed by atoms with Gasteiger partial charge >= 0.3 is 0 Å². The van der Waals surface area contributed by atoms with Gasteiger partial charge in [0, 0.05) is 23.9 Å². The molecule has 2 aromatic carbocycles. The Morgan fingerprint density at radius 1 is 1.17 bits per heavy atom. The minimum Gasteiger partial charge on any atom is -0.354 e.